The fourth-order valence-electron chi connectivity index (χ4n) is 3.37. The zero-order chi connectivity index (χ0) is 20.3. The molecule has 4 nitrogen and oxygen atoms in total. The van der Waals surface area contributed by atoms with Crippen LogP contribution in [0.5, 0.6) is 0 Å². The van der Waals surface area contributed by atoms with Gasteiger partial charge in [0, 0.05) is 11.0 Å². The van der Waals surface area contributed by atoms with Crippen LogP contribution in [0.3, 0.4) is 0 Å². The van der Waals surface area contributed by atoms with Crippen molar-refractivity contribution in [1.29, 1.82) is 0 Å². The third-order valence-electron chi connectivity index (χ3n) is 5.98. The molecule has 0 atom stereocenters. The minimum atomic E-state index is -3.39. The van der Waals surface area contributed by atoms with E-state index in [1.54, 1.807) is 36.4 Å². The Morgan fingerprint density at radius 2 is 1.61 bits per heavy atom. The Hall–Kier alpha value is -1.70. The third kappa shape index (κ3) is 3.19. The molecule has 2 fully saturated rings. The Balaban J connectivity index is 1.71. The number of rotatable bonds is 4. The SMILES string of the molecule is CC1(C)OB(c2ccc(-c3ccccc3S(=O)(=O)C3CC3)cc2F)OC1(C)C. The molecule has 1 aliphatic heterocycles. The lowest BCUT2D eigenvalue weighted by molar-refractivity contribution is 0.00578. The lowest BCUT2D eigenvalue weighted by atomic mass is 9.78. The van der Waals surface area contributed by atoms with Crippen LogP contribution in [0.4, 0.5) is 4.39 Å². The molecule has 0 bridgehead atoms. The molecule has 2 aromatic carbocycles. The van der Waals surface area contributed by atoms with E-state index in [4.69, 9.17) is 9.31 Å². The highest BCUT2D eigenvalue weighted by Gasteiger charge is 2.52. The average Bonchev–Trinajstić information content (AvgIpc) is 3.43. The Morgan fingerprint density at radius 1 is 1.00 bits per heavy atom. The first-order chi connectivity index (χ1) is 13.0. The molecule has 28 heavy (non-hydrogen) atoms. The molecule has 0 radical (unpaired) electrons. The molecule has 1 aliphatic carbocycles. The van der Waals surface area contributed by atoms with Gasteiger partial charge in [-0.05, 0) is 58.2 Å². The molecular weight excluding hydrogens is 378 g/mol. The summed E-state index contributed by atoms with van der Waals surface area (Å²) < 4.78 is 52.4. The lowest BCUT2D eigenvalue weighted by Gasteiger charge is -2.32. The number of sulfone groups is 1. The Kier molecular flexibility index (Phi) is 4.49. The fraction of sp³-hybridized carbons (Fsp3) is 0.429. The second-order valence-electron chi connectivity index (χ2n) is 8.57. The summed E-state index contributed by atoms with van der Waals surface area (Å²) in [6.45, 7) is 7.66. The quantitative estimate of drug-likeness (QED) is 0.732. The van der Waals surface area contributed by atoms with Crippen molar-refractivity contribution in [2.75, 3.05) is 0 Å². The van der Waals surface area contributed by atoms with Gasteiger partial charge in [-0.25, -0.2) is 12.8 Å². The van der Waals surface area contributed by atoms with Gasteiger partial charge in [-0.2, -0.15) is 0 Å². The van der Waals surface area contributed by atoms with Gasteiger partial charge in [-0.15, -0.1) is 0 Å². The van der Waals surface area contributed by atoms with Crippen molar-refractivity contribution in [1.82, 2.24) is 0 Å². The molecule has 1 saturated heterocycles. The molecule has 0 unspecified atom stereocenters. The Bertz CT molecular complexity index is 1010. The number of benzene rings is 2. The van der Waals surface area contributed by atoms with Gasteiger partial charge >= 0.3 is 7.12 Å². The Labute approximate surface area is 166 Å². The Morgan fingerprint density at radius 3 is 2.18 bits per heavy atom. The number of hydrogen-bond donors (Lipinski definition) is 0. The summed E-state index contributed by atoms with van der Waals surface area (Å²) in [6, 6.07) is 11.5. The van der Waals surface area contributed by atoms with Crippen LogP contribution >= 0.6 is 0 Å². The molecule has 1 heterocycles. The first-order valence-electron chi connectivity index (χ1n) is 9.51. The van der Waals surface area contributed by atoms with Crippen LogP contribution in [0.1, 0.15) is 40.5 Å². The van der Waals surface area contributed by atoms with Crippen LogP contribution in [0.2, 0.25) is 0 Å². The predicted molar refractivity (Wildman–Crippen MR) is 108 cm³/mol. The van der Waals surface area contributed by atoms with E-state index in [0.29, 0.717) is 29.4 Å². The molecule has 4 rings (SSSR count). The minimum absolute atomic E-state index is 0.264. The van der Waals surface area contributed by atoms with E-state index in [-0.39, 0.29) is 10.1 Å². The van der Waals surface area contributed by atoms with Crippen molar-refractivity contribution in [3.63, 3.8) is 0 Å². The largest absolute Gasteiger partial charge is 0.497 e. The van der Waals surface area contributed by atoms with E-state index in [1.807, 2.05) is 27.7 Å². The van der Waals surface area contributed by atoms with Gasteiger partial charge in [0.05, 0.1) is 21.3 Å². The van der Waals surface area contributed by atoms with Crippen LogP contribution in [-0.4, -0.2) is 32.0 Å². The maximum atomic E-state index is 15.0. The summed E-state index contributed by atoms with van der Waals surface area (Å²) in [5.41, 5.74) is 0.234. The monoisotopic (exact) mass is 402 g/mol. The van der Waals surface area contributed by atoms with Gasteiger partial charge in [0.25, 0.3) is 0 Å². The standard InChI is InChI=1S/C21H24BFO4S/c1-20(2)21(3,4)27-22(26-20)17-12-9-14(13-18(17)23)16-7-5-6-8-19(16)28(24,25)15-10-11-15/h5-9,12-13,15H,10-11H2,1-4H3. The molecule has 2 aliphatic rings. The van der Waals surface area contributed by atoms with Gasteiger partial charge in [0.2, 0.25) is 0 Å². The van der Waals surface area contributed by atoms with Crippen molar-refractivity contribution in [2.45, 2.75) is 61.9 Å². The third-order valence-corrected chi connectivity index (χ3v) is 8.29. The zero-order valence-electron chi connectivity index (χ0n) is 16.5. The molecule has 148 valence electrons. The highest BCUT2D eigenvalue weighted by molar-refractivity contribution is 7.92. The summed E-state index contributed by atoms with van der Waals surface area (Å²) in [7, 11) is -4.19. The number of hydrogen-bond acceptors (Lipinski definition) is 4. The predicted octanol–water partition coefficient (Wildman–Crippen LogP) is 3.73. The molecule has 7 heteroatoms. The van der Waals surface area contributed by atoms with E-state index < -0.39 is 34.0 Å². The van der Waals surface area contributed by atoms with Crippen molar-refractivity contribution >= 4 is 22.4 Å². The first-order valence-corrected chi connectivity index (χ1v) is 11.1. The number of halogens is 1. The van der Waals surface area contributed by atoms with Gasteiger partial charge in [0.1, 0.15) is 5.82 Å². The summed E-state index contributed by atoms with van der Waals surface area (Å²) in [4.78, 5) is 0.264. The lowest BCUT2D eigenvalue weighted by Crippen LogP contribution is -2.41. The van der Waals surface area contributed by atoms with E-state index in [2.05, 4.69) is 0 Å². The maximum absolute atomic E-state index is 15.0. The van der Waals surface area contributed by atoms with E-state index in [0.717, 1.165) is 0 Å². The summed E-state index contributed by atoms with van der Waals surface area (Å²) in [5.74, 6) is -0.477. The van der Waals surface area contributed by atoms with Crippen LogP contribution in [0, 0.1) is 5.82 Å². The molecule has 1 saturated carbocycles. The summed E-state index contributed by atoms with van der Waals surface area (Å²) in [6.07, 6.45) is 1.37. The van der Waals surface area contributed by atoms with Crippen molar-refractivity contribution in [2.24, 2.45) is 0 Å². The van der Waals surface area contributed by atoms with Gasteiger partial charge in [-0.3, -0.25) is 0 Å². The molecule has 0 spiro atoms. The summed E-state index contributed by atoms with van der Waals surface area (Å²) >= 11 is 0. The molecule has 0 amide bonds. The van der Waals surface area contributed by atoms with Gasteiger partial charge < -0.3 is 9.31 Å². The second-order valence-corrected chi connectivity index (χ2v) is 10.8. The first kappa shape index (κ1) is 19.6. The van der Waals surface area contributed by atoms with Gasteiger partial charge in [-0.1, -0.05) is 30.3 Å². The van der Waals surface area contributed by atoms with E-state index >= 15 is 0 Å². The van der Waals surface area contributed by atoms with E-state index in [1.165, 1.54) is 6.07 Å². The normalized spacial score (nSPS) is 21.1. The topological polar surface area (TPSA) is 52.6 Å². The zero-order valence-corrected chi connectivity index (χ0v) is 17.3. The van der Waals surface area contributed by atoms with Crippen molar-refractivity contribution < 1.29 is 22.1 Å². The maximum Gasteiger partial charge on any atom is 0.497 e. The second kappa shape index (κ2) is 6.41. The van der Waals surface area contributed by atoms with Crippen molar-refractivity contribution in [3.8, 4) is 11.1 Å². The summed E-state index contributed by atoms with van der Waals surface area (Å²) in [5, 5.41) is -0.317. The van der Waals surface area contributed by atoms with Crippen LogP contribution in [0.25, 0.3) is 11.1 Å². The highest BCUT2D eigenvalue weighted by Crippen LogP contribution is 2.39. The van der Waals surface area contributed by atoms with Gasteiger partial charge in [0.15, 0.2) is 9.84 Å². The van der Waals surface area contributed by atoms with Crippen LogP contribution in [0.15, 0.2) is 47.4 Å². The van der Waals surface area contributed by atoms with E-state index in [9.17, 15) is 12.8 Å². The van der Waals surface area contributed by atoms with Crippen LogP contribution in [-0.2, 0) is 19.1 Å². The molecular formula is C21H24BFO4S. The minimum Gasteiger partial charge on any atom is -0.399 e. The molecule has 0 N–H and O–H groups in total. The van der Waals surface area contributed by atoms with Crippen LogP contribution < -0.4 is 5.46 Å². The van der Waals surface area contributed by atoms with Crippen molar-refractivity contribution in [3.05, 3.63) is 48.3 Å². The molecule has 2 aromatic rings. The fourth-order valence-corrected chi connectivity index (χ4v) is 5.24. The smallest absolute Gasteiger partial charge is 0.399 e. The molecule has 0 aromatic heterocycles. The highest BCUT2D eigenvalue weighted by atomic mass is 32.2. The average molecular weight is 402 g/mol.